The molecule has 1 heterocycles. The highest BCUT2D eigenvalue weighted by molar-refractivity contribution is 5.94. The van der Waals surface area contributed by atoms with Gasteiger partial charge in [-0.3, -0.25) is 4.79 Å². The Morgan fingerprint density at radius 2 is 1.78 bits per heavy atom. The number of carbonyl (C=O) groups is 2. The zero-order chi connectivity index (χ0) is 23.3. The summed E-state index contributed by atoms with van der Waals surface area (Å²) < 4.78 is 19.8. The Bertz CT molecular complexity index is 932. The quantitative estimate of drug-likeness (QED) is 0.654. The topological polar surface area (TPSA) is 58.6 Å². The summed E-state index contributed by atoms with van der Waals surface area (Å²) >= 11 is 0. The molecule has 2 amide bonds. The van der Waals surface area contributed by atoms with Gasteiger partial charge in [-0.05, 0) is 76.1 Å². The lowest BCUT2D eigenvalue weighted by atomic mass is 9.87. The van der Waals surface area contributed by atoms with Crippen LogP contribution in [0.25, 0.3) is 0 Å². The molecule has 1 aliphatic heterocycles. The van der Waals surface area contributed by atoms with Crippen LogP contribution in [0, 0.1) is 18.7 Å². The summed E-state index contributed by atoms with van der Waals surface area (Å²) in [7, 11) is 0. The number of aryl methyl sites for hydroxylation is 1. The van der Waals surface area contributed by atoms with Gasteiger partial charge in [0, 0.05) is 13.1 Å². The van der Waals surface area contributed by atoms with Gasteiger partial charge in [-0.15, -0.1) is 0 Å². The Balaban J connectivity index is 1.66. The normalized spacial score (nSPS) is 15.8. The molecule has 0 aliphatic carbocycles. The van der Waals surface area contributed by atoms with Crippen molar-refractivity contribution < 1.29 is 18.7 Å². The van der Waals surface area contributed by atoms with Crippen LogP contribution in [0.15, 0.2) is 48.5 Å². The molecule has 1 N–H and O–H groups in total. The lowest BCUT2D eigenvalue weighted by Crippen LogP contribution is -2.42. The third-order valence-corrected chi connectivity index (χ3v) is 5.71. The van der Waals surface area contributed by atoms with Gasteiger partial charge in [0.25, 0.3) is 5.91 Å². The first-order valence-corrected chi connectivity index (χ1v) is 11.2. The molecule has 5 nitrogen and oxygen atoms in total. The van der Waals surface area contributed by atoms with Crippen molar-refractivity contribution in [2.75, 3.05) is 13.1 Å². The van der Waals surface area contributed by atoms with Crippen molar-refractivity contribution in [1.29, 1.82) is 0 Å². The van der Waals surface area contributed by atoms with Crippen molar-refractivity contribution in [3.8, 4) is 0 Å². The second-order valence-electron chi connectivity index (χ2n) is 9.57. The molecular weight excluding hydrogens is 407 g/mol. The van der Waals surface area contributed by atoms with E-state index >= 15 is 0 Å². The standard InChI is InChI=1S/C26H33FN2O3/c1-18-10-11-21(22(27)16-18)24(30)28-23(20-8-6-5-7-9-20)17-19-12-14-29(15-13-19)25(31)32-26(2,3)4/h5-11,16,19,23H,12-15,17H2,1-4H3,(H,28,30). The third kappa shape index (κ3) is 6.55. The molecule has 32 heavy (non-hydrogen) atoms. The summed E-state index contributed by atoms with van der Waals surface area (Å²) in [5.41, 5.74) is 1.30. The van der Waals surface area contributed by atoms with Gasteiger partial charge in [0.2, 0.25) is 0 Å². The van der Waals surface area contributed by atoms with E-state index in [0.717, 1.165) is 30.4 Å². The number of benzene rings is 2. The maximum absolute atomic E-state index is 14.3. The molecule has 6 heteroatoms. The first kappa shape index (κ1) is 23.8. The first-order chi connectivity index (χ1) is 15.1. The number of rotatable bonds is 5. The second-order valence-corrected chi connectivity index (χ2v) is 9.57. The molecule has 0 radical (unpaired) electrons. The number of piperidine rings is 1. The van der Waals surface area contributed by atoms with E-state index in [9.17, 15) is 14.0 Å². The van der Waals surface area contributed by atoms with Crippen LogP contribution in [-0.2, 0) is 4.74 Å². The molecule has 1 atom stereocenters. The lowest BCUT2D eigenvalue weighted by molar-refractivity contribution is 0.0178. The van der Waals surface area contributed by atoms with Gasteiger partial charge >= 0.3 is 6.09 Å². The van der Waals surface area contributed by atoms with Crippen molar-refractivity contribution in [1.82, 2.24) is 10.2 Å². The number of likely N-dealkylation sites (tertiary alicyclic amines) is 1. The highest BCUT2D eigenvalue weighted by atomic mass is 19.1. The molecule has 3 rings (SSSR count). The van der Waals surface area contributed by atoms with E-state index in [2.05, 4.69) is 5.32 Å². The molecule has 0 saturated carbocycles. The summed E-state index contributed by atoms with van der Waals surface area (Å²) in [4.78, 5) is 26.9. The average molecular weight is 441 g/mol. The van der Waals surface area contributed by atoms with Crippen LogP contribution < -0.4 is 5.32 Å². The van der Waals surface area contributed by atoms with E-state index in [1.165, 1.54) is 12.1 Å². The molecule has 1 aliphatic rings. The Hall–Kier alpha value is -2.89. The minimum atomic E-state index is -0.514. The van der Waals surface area contributed by atoms with Crippen molar-refractivity contribution in [2.24, 2.45) is 5.92 Å². The Morgan fingerprint density at radius 1 is 1.12 bits per heavy atom. The average Bonchev–Trinajstić information content (AvgIpc) is 2.73. The largest absolute Gasteiger partial charge is 0.444 e. The van der Waals surface area contributed by atoms with Crippen LogP contribution in [0.1, 0.15) is 67.6 Å². The number of carbonyl (C=O) groups excluding carboxylic acids is 2. The molecular formula is C26H33FN2O3. The van der Waals surface area contributed by atoms with E-state index < -0.39 is 17.3 Å². The Labute approximate surface area is 190 Å². The van der Waals surface area contributed by atoms with Crippen molar-refractivity contribution >= 4 is 12.0 Å². The van der Waals surface area contributed by atoms with Gasteiger partial charge in [0.1, 0.15) is 11.4 Å². The van der Waals surface area contributed by atoms with Gasteiger partial charge in [-0.25, -0.2) is 9.18 Å². The molecule has 0 aromatic heterocycles. The molecule has 172 valence electrons. The SMILES string of the molecule is Cc1ccc(C(=O)NC(CC2CCN(C(=O)OC(C)(C)C)CC2)c2ccccc2)c(F)c1. The molecule has 0 bridgehead atoms. The van der Waals surface area contributed by atoms with Crippen molar-refractivity contribution in [3.63, 3.8) is 0 Å². The molecule has 1 fully saturated rings. The number of ether oxygens (including phenoxy) is 1. The van der Waals surface area contributed by atoms with E-state index in [0.29, 0.717) is 19.0 Å². The molecule has 2 aromatic rings. The highest BCUT2D eigenvalue weighted by Gasteiger charge is 2.29. The minimum absolute atomic E-state index is 0.0521. The van der Waals surface area contributed by atoms with Crippen LogP contribution in [0.3, 0.4) is 0 Å². The van der Waals surface area contributed by atoms with Crippen LogP contribution >= 0.6 is 0 Å². The minimum Gasteiger partial charge on any atom is -0.444 e. The smallest absolute Gasteiger partial charge is 0.410 e. The van der Waals surface area contributed by atoms with Crippen LogP contribution in [0.2, 0.25) is 0 Å². The molecule has 1 unspecified atom stereocenters. The van der Waals surface area contributed by atoms with Crippen molar-refractivity contribution in [2.45, 2.75) is 58.6 Å². The fourth-order valence-corrected chi connectivity index (χ4v) is 4.02. The number of amides is 2. The van der Waals surface area contributed by atoms with E-state index in [-0.39, 0.29) is 17.7 Å². The Morgan fingerprint density at radius 3 is 2.38 bits per heavy atom. The summed E-state index contributed by atoms with van der Waals surface area (Å²) in [6.45, 7) is 8.63. The summed E-state index contributed by atoms with van der Waals surface area (Å²) in [6.07, 6.45) is 2.11. The van der Waals surface area contributed by atoms with Gasteiger partial charge < -0.3 is 15.0 Å². The van der Waals surface area contributed by atoms with E-state index in [1.807, 2.05) is 51.1 Å². The number of nitrogens with one attached hydrogen (secondary N) is 1. The Kier molecular flexibility index (Phi) is 7.54. The first-order valence-electron chi connectivity index (χ1n) is 11.2. The van der Waals surface area contributed by atoms with Crippen LogP contribution in [0.4, 0.5) is 9.18 Å². The van der Waals surface area contributed by atoms with Gasteiger partial charge in [0.15, 0.2) is 0 Å². The zero-order valence-electron chi connectivity index (χ0n) is 19.4. The second kappa shape index (κ2) is 10.2. The molecule has 1 saturated heterocycles. The zero-order valence-corrected chi connectivity index (χ0v) is 19.4. The van der Waals surface area contributed by atoms with E-state index in [4.69, 9.17) is 4.74 Å². The van der Waals surface area contributed by atoms with E-state index in [1.54, 1.807) is 17.9 Å². The maximum Gasteiger partial charge on any atom is 0.410 e. The predicted octanol–water partition coefficient (Wildman–Crippen LogP) is 5.64. The summed E-state index contributed by atoms with van der Waals surface area (Å²) in [6, 6.07) is 14.2. The maximum atomic E-state index is 14.3. The lowest BCUT2D eigenvalue weighted by Gasteiger charge is -2.35. The van der Waals surface area contributed by atoms with Crippen LogP contribution in [-0.4, -0.2) is 35.6 Å². The van der Waals surface area contributed by atoms with Gasteiger partial charge in [-0.2, -0.15) is 0 Å². The van der Waals surface area contributed by atoms with Crippen molar-refractivity contribution in [3.05, 3.63) is 71.0 Å². The molecule has 0 spiro atoms. The highest BCUT2D eigenvalue weighted by Crippen LogP contribution is 2.29. The fourth-order valence-electron chi connectivity index (χ4n) is 4.02. The monoisotopic (exact) mass is 440 g/mol. The summed E-state index contributed by atoms with van der Waals surface area (Å²) in [5.74, 6) is -0.593. The fraction of sp³-hybridized carbons (Fsp3) is 0.462. The van der Waals surface area contributed by atoms with Crippen LogP contribution in [0.5, 0.6) is 0 Å². The third-order valence-electron chi connectivity index (χ3n) is 5.71. The predicted molar refractivity (Wildman–Crippen MR) is 123 cm³/mol. The van der Waals surface area contributed by atoms with Gasteiger partial charge in [0.05, 0.1) is 11.6 Å². The number of halogens is 1. The van der Waals surface area contributed by atoms with Gasteiger partial charge in [-0.1, -0.05) is 36.4 Å². The number of nitrogens with zero attached hydrogens (tertiary/aromatic N) is 1. The molecule has 2 aromatic carbocycles. The summed E-state index contributed by atoms with van der Waals surface area (Å²) in [5, 5.41) is 3.04. The number of hydrogen-bond donors (Lipinski definition) is 1. The number of hydrogen-bond acceptors (Lipinski definition) is 3.